The first-order valence-corrected chi connectivity index (χ1v) is 24.5. The second kappa shape index (κ2) is 28.1. The third-order valence-corrected chi connectivity index (χ3v) is 12.7. The van der Waals surface area contributed by atoms with Gasteiger partial charge in [0.25, 0.3) is 22.5 Å². The fourth-order valence-corrected chi connectivity index (χ4v) is 9.02. The molecule has 0 radical (unpaired) electrons. The Kier molecular flexibility index (Phi) is 22.6. The van der Waals surface area contributed by atoms with Gasteiger partial charge in [-0.1, -0.05) is 12.1 Å². The Morgan fingerprint density at radius 1 is 0.762 bits per heavy atom. The molecule has 6 rings (SSSR count). The summed E-state index contributed by atoms with van der Waals surface area (Å²) in [5, 5.41) is 31.5. The van der Waals surface area contributed by atoms with Crippen LogP contribution >= 0.6 is 22.7 Å². The molecule has 4 atom stereocenters. The van der Waals surface area contributed by atoms with Crippen molar-refractivity contribution in [3.63, 3.8) is 0 Å². The summed E-state index contributed by atoms with van der Waals surface area (Å²) in [6.07, 6.45) is 9.71. The average molecular weight is 949 g/mol. The molecule has 4 aromatic heterocycles. The first-order valence-electron chi connectivity index (χ1n) is 20.6. The maximum absolute atomic E-state index is 12.1. The molecule has 63 heavy (non-hydrogen) atoms. The van der Waals surface area contributed by atoms with Gasteiger partial charge in [0.05, 0.1) is 6.04 Å². The minimum atomic E-state index is -2.03. The van der Waals surface area contributed by atoms with Crippen LogP contribution in [0.5, 0.6) is 10.1 Å². The van der Waals surface area contributed by atoms with Crippen LogP contribution < -0.4 is 39.5 Å². The van der Waals surface area contributed by atoms with E-state index in [1.54, 1.807) is 35.0 Å². The Morgan fingerprint density at radius 2 is 1.27 bits per heavy atom. The standard InChI is InChI=1S/C20H26N4O5S2.C13H18N2O2.C8H12N2O3S2/c25-17(7-2-1-6-15-10-9-14-5-3-11-21-19(14)23-15)22-13-16(20(26)27)24-31(28)29-18-8-4-12-30-18;16-12(17)6-2-1-5-11-8-7-10-4-3-9-14-13(10)15-11;1-6(11)7(5-9)10-15(12)13-8-3-2-4-14-8/h4,8-10,12,16,24H,1-3,5-7,11,13H2,(H,21,23)(H,22,25)(H,26,27);7-8H,1-6,9H2,(H,14,15)(H,16,17);2-4,7,10H,5,9H2,1H3. The number of fused-ring (bicyclic) bond motifs is 2. The Bertz CT molecular complexity index is 2090. The van der Waals surface area contributed by atoms with Crippen LogP contribution in [0.25, 0.3) is 0 Å². The molecule has 0 saturated heterocycles. The van der Waals surface area contributed by atoms with Crippen molar-refractivity contribution in [1.82, 2.24) is 24.7 Å². The Balaban J connectivity index is 0.000000229. The molecule has 2 aliphatic rings. The van der Waals surface area contributed by atoms with Crippen LogP contribution in [0.2, 0.25) is 0 Å². The zero-order chi connectivity index (χ0) is 45.4. The van der Waals surface area contributed by atoms with Crippen LogP contribution in [-0.4, -0.2) is 90.5 Å². The summed E-state index contributed by atoms with van der Waals surface area (Å²) in [4.78, 5) is 54.0. The minimum absolute atomic E-state index is 0.0921. The molecular formula is C41H56N8O10S4. The van der Waals surface area contributed by atoms with Crippen LogP contribution in [0.1, 0.15) is 80.8 Å². The molecule has 4 aromatic rings. The topological polar surface area (TPSA) is 273 Å². The predicted octanol–water partition coefficient (Wildman–Crippen LogP) is 4.48. The predicted molar refractivity (Wildman–Crippen MR) is 245 cm³/mol. The zero-order valence-electron chi connectivity index (χ0n) is 35.0. The number of nitrogens with two attached hydrogens (primary N) is 1. The molecule has 0 saturated carbocycles. The third-order valence-electron chi connectivity index (χ3n) is 9.37. The van der Waals surface area contributed by atoms with Crippen LogP contribution in [-0.2, 0) is 67.4 Å². The second-order valence-corrected chi connectivity index (χ2v) is 17.9. The number of carboxylic acid groups (broad SMARTS) is 2. The van der Waals surface area contributed by atoms with Gasteiger partial charge in [0.2, 0.25) is 5.91 Å². The molecule has 0 aromatic carbocycles. The van der Waals surface area contributed by atoms with E-state index in [9.17, 15) is 32.7 Å². The first kappa shape index (κ1) is 50.8. The lowest BCUT2D eigenvalue weighted by Crippen LogP contribution is -2.47. The van der Waals surface area contributed by atoms with Gasteiger partial charge < -0.3 is 40.3 Å². The normalized spacial score (nSPS) is 14.4. The molecule has 22 heteroatoms. The summed E-state index contributed by atoms with van der Waals surface area (Å²) in [6.45, 7) is 3.24. The highest BCUT2D eigenvalue weighted by Crippen LogP contribution is 2.22. The number of anilines is 2. The van der Waals surface area contributed by atoms with Crippen molar-refractivity contribution in [2.75, 3.05) is 36.8 Å². The molecule has 4 unspecified atom stereocenters. The molecule has 0 fully saturated rings. The highest BCUT2D eigenvalue weighted by Gasteiger charge is 2.22. The lowest BCUT2D eigenvalue weighted by molar-refractivity contribution is -0.139. The number of unbranched alkanes of at least 4 members (excludes halogenated alkanes) is 2. The van der Waals surface area contributed by atoms with Gasteiger partial charge in [0.1, 0.15) is 23.5 Å². The number of amides is 1. The van der Waals surface area contributed by atoms with Gasteiger partial charge in [0, 0.05) is 50.4 Å². The van der Waals surface area contributed by atoms with Crippen molar-refractivity contribution in [3.05, 3.63) is 81.8 Å². The summed E-state index contributed by atoms with van der Waals surface area (Å²) in [5.74, 6) is -0.375. The monoisotopic (exact) mass is 948 g/mol. The molecule has 9 N–H and O–H groups in total. The van der Waals surface area contributed by atoms with Gasteiger partial charge in [-0.25, -0.2) is 9.97 Å². The number of aromatic nitrogens is 2. The van der Waals surface area contributed by atoms with E-state index in [-0.39, 0.29) is 37.6 Å². The fourth-order valence-electron chi connectivity index (χ4n) is 6.02. The van der Waals surface area contributed by atoms with E-state index >= 15 is 0 Å². The van der Waals surface area contributed by atoms with E-state index in [1.165, 1.54) is 47.1 Å². The number of hydrogen-bond acceptors (Lipinski definition) is 15. The number of aliphatic carboxylic acids is 2. The second-order valence-electron chi connectivity index (χ2n) is 14.3. The lowest BCUT2D eigenvalue weighted by atomic mass is 10.1. The number of pyridine rings is 2. The summed E-state index contributed by atoms with van der Waals surface area (Å²) in [5.41, 5.74) is 9.93. The number of carbonyl (C=O) groups is 4. The van der Waals surface area contributed by atoms with Crippen molar-refractivity contribution in [2.45, 2.75) is 96.1 Å². The van der Waals surface area contributed by atoms with Gasteiger partial charge in [0.15, 0.2) is 10.1 Å². The average Bonchev–Trinajstić information content (AvgIpc) is 3.99. The summed E-state index contributed by atoms with van der Waals surface area (Å²) >= 11 is -1.20. The number of ketones is 1. The number of hydrogen-bond donors (Lipinski definition) is 8. The number of rotatable bonds is 23. The van der Waals surface area contributed by atoms with E-state index in [0.29, 0.717) is 16.5 Å². The molecule has 2 aliphatic heterocycles. The van der Waals surface area contributed by atoms with E-state index < -0.39 is 46.6 Å². The molecule has 1 amide bonds. The van der Waals surface area contributed by atoms with Crippen molar-refractivity contribution < 1.29 is 46.2 Å². The quantitative estimate of drug-likeness (QED) is 0.0477. The van der Waals surface area contributed by atoms with Gasteiger partial charge in [-0.05, 0) is 129 Å². The SMILES string of the molecule is CC(=O)C(CN)NS(=O)Oc1cccs1.O=C(CCCCc1ccc2c(n1)NCCC2)NCC(NS(=O)Oc1cccs1)C(=O)O.O=C(O)CCCCc1ccc2c(n1)NCCC2. The maximum atomic E-state index is 12.1. The van der Waals surface area contributed by atoms with Gasteiger partial charge in [-0.3, -0.25) is 19.2 Å². The maximum Gasteiger partial charge on any atom is 0.323 e. The third kappa shape index (κ3) is 19.6. The number of thiophene rings is 2. The van der Waals surface area contributed by atoms with E-state index in [1.807, 2.05) is 6.07 Å². The summed E-state index contributed by atoms with van der Waals surface area (Å²) in [7, 11) is 0. The van der Waals surface area contributed by atoms with E-state index in [0.717, 1.165) is 87.5 Å². The van der Waals surface area contributed by atoms with Gasteiger partial charge >= 0.3 is 11.9 Å². The van der Waals surface area contributed by atoms with Crippen LogP contribution in [0.15, 0.2) is 59.3 Å². The molecule has 0 spiro atoms. The summed E-state index contributed by atoms with van der Waals surface area (Å²) in [6, 6.07) is 13.3. The molecule has 6 heterocycles. The van der Waals surface area contributed by atoms with E-state index in [2.05, 4.69) is 53.6 Å². The highest BCUT2D eigenvalue weighted by atomic mass is 32.2. The number of carboxylic acids is 2. The Hall–Kier alpha value is -4.84. The smallest absolute Gasteiger partial charge is 0.323 e. The van der Waals surface area contributed by atoms with Crippen molar-refractivity contribution in [2.24, 2.45) is 5.73 Å². The molecule has 0 aliphatic carbocycles. The number of nitrogens with zero attached hydrogens (tertiary/aromatic N) is 2. The number of nitrogens with one attached hydrogen (secondary N) is 5. The Labute approximate surface area is 380 Å². The number of Topliss-reactive ketones (excluding diaryl/α,β-unsaturated/α-hetero) is 1. The highest BCUT2D eigenvalue weighted by molar-refractivity contribution is 7.78. The van der Waals surface area contributed by atoms with Crippen LogP contribution in [0.3, 0.4) is 0 Å². The van der Waals surface area contributed by atoms with Crippen molar-refractivity contribution in [1.29, 1.82) is 0 Å². The minimum Gasteiger partial charge on any atom is -0.481 e. The number of carbonyl (C=O) groups excluding carboxylic acids is 2. The largest absolute Gasteiger partial charge is 0.481 e. The van der Waals surface area contributed by atoms with Crippen molar-refractivity contribution in [3.8, 4) is 10.1 Å². The van der Waals surface area contributed by atoms with Crippen LogP contribution in [0.4, 0.5) is 11.6 Å². The lowest BCUT2D eigenvalue weighted by Gasteiger charge is -2.17. The van der Waals surface area contributed by atoms with Crippen LogP contribution in [0, 0.1) is 0 Å². The van der Waals surface area contributed by atoms with Gasteiger partial charge in [-0.2, -0.15) is 17.9 Å². The Morgan fingerprint density at radius 3 is 1.71 bits per heavy atom. The number of aryl methyl sites for hydroxylation is 4. The molecule has 0 bridgehead atoms. The molecule has 344 valence electrons. The van der Waals surface area contributed by atoms with Gasteiger partial charge in [-0.15, -0.1) is 22.7 Å². The first-order chi connectivity index (χ1) is 30.4. The fraction of sp³-hybridized carbons (Fsp3) is 0.463. The van der Waals surface area contributed by atoms with Crippen molar-refractivity contribution >= 4 is 80.5 Å². The molecular weight excluding hydrogens is 893 g/mol. The summed E-state index contributed by atoms with van der Waals surface area (Å²) < 4.78 is 38.2. The molecule has 18 nitrogen and oxygen atoms in total. The zero-order valence-corrected chi connectivity index (χ0v) is 38.3. The van der Waals surface area contributed by atoms with E-state index in [4.69, 9.17) is 19.2 Å².